The Morgan fingerprint density at radius 1 is 1.14 bits per heavy atom. The van der Waals surface area contributed by atoms with Gasteiger partial charge in [0.15, 0.2) is 0 Å². The van der Waals surface area contributed by atoms with Crippen LogP contribution in [0.1, 0.15) is 5.56 Å². The number of benzene rings is 1. The Kier molecular flexibility index (Phi) is 7.78. The van der Waals surface area contributed by atoms with Gasteiger partial charge in [-0.25, -0.2) is 0 Å². The third-order valence-electron chi connectivity index (χ3n) is 3.57. The zero-order valence-electron chi connectivity index (χ0n) is 13.0. The maximum absolute atomic E-state index is 5.37. The summed E-state index contributed by atoms with van der Waals surface area (Å²) in [6, 6.07) is 8.51. The molecule has 5 heteroatoms. The van der Waals surface area contributed by atoms with Crippen molar-refractivity contribution in [3.63, 3.8) is 0 Å². The van der Waals surface area contributed by atoms with Crippen molar-refractivity contribution in [3.05, 3.63) is 29.8 Å². The lowest BCUT2D eigenvalue weighted by atomic mass is 10.2. The number of rotatable bonds is 6. The molecule has 0 saturated carbocycles. The second kappa shape index (κ2) is 10.2. The van der Waals surface area contributed by atoms with Crippen LogP contribution in [0.25, 0.3) is 0 Å². The van der Waals surface area contributed by atoms with Crippen LogP contribution in [0.15, 0.2) is 24.3 Å². The lowest BCUT2D eigenvalue weighted by Gasteiger charge is -2.18. The van der Waals surface area contributed by atoms with E-state index in [2.05, 4.69) is 39.3 Å². The summed E-state index contributed by atoms with van der Waals surface area (Å²) in [4.78, 5) is 0. The highest BCUT2D eigenvalue weighted by Crippen LogP contribution is 2.11. The first kappa shape index (κ1) is 16.8. The van der Waals surface area contributed by atoms with Crippen molar-refractivity contribution in [2.75, 3.05) is 45.9 Å². The van der Waals surface area contributed by atoms with Crippen LogP contribution in [0.4, 0.5) is 0 Å². The van der Waals surface area contributed by atoms with E-state index in [1.807, 2.05) is 12.1 Å². The highest BCUT2D eigenvalue weighted by molar-refractivity contribution is 5.27. The average molecular weight is 302 g/mol. The highest BCUT2D eigenvalue weighted by Gasteiger charge is 2.08. The molecule has 1 atom stereocenters. The van der Waals surface area contributed by atoms with Gasteiger partial charge in [-0.05, 0) is 17.7 Å². The van der Waals surface area contributed by atoms with Gasteiger partial charge in [0.2, 0.25) is 0 Å². The van der Waals surface area contributed by atoms with E-state index in [-0.39, 0.29) is 0 Å². The maximum atomic E-state index is 5.37. The molecule has 1 unspecified atom stereocenters. The van der Waals surface area contributed by atoms with Crippen molar-refractivity contribution in [2.24, 2.45) is 0 Å². The van der Waals surface area contributed by atoms with Crippen LogP contribution >= 0.6 is 0 Å². The van der Waals surface area contributed by atoms with Gasteiger partial charge >= 0.3 is 0 Å². The standard InChI is InChI=1S/C17H26N4O/c1-2-11-22-17-5-3-15(4-6-17)12-20-14-16-13-19-8-7-18-9-10-21-16/h1,3-6,16,18-21H,7-14H2. The molecule has 0 aliphatic carbocycles. The molecular weight excluding hydrogens is 276 g/mol. The van der Waals surface area contributed by atoms with Gasteiger partial charge in [0.05, 0.1) is 0 Å². The quantitative estimate of drug-likeness (QED) is 0.555. The number of hydrogen-bond acceptors (Lipinski definition) is 5. The molecule has 0 spiro atoms. The topological polar surface area (TPSA) is 57.4 Å². The van der Waals surface area contributed by atoms with Crippen molar-refractivity contribution in [1.82, 2.24) is 21.3 Å². The van der Waals surface area contributed by atoms with Crippen molar-refractivity contribution in [3.8, 4) is 18.1 Å². The van der Waals surface area contributed by atoms with Gasteiger partial charge in [-0.15, -0.1) is 6.42 Å². The van der Waals surface area contributed by atoms with Gasteiger partial charge in [-0.1, -0.05) is 18.1 Å². The number of hydrogen-bond donors (Lipinski definition) is 4. The smallest absolute Gasteiger partial charge is 0.148 e. The minimum atomic E-state index is 0.312. The van der Waals surface area contributed by atoms with E-state index in [4.69, 9.17) is 11.2 Å². The fraction of sp³-hybridized carbons (Fsp3) is 0.529. The highest BCUT2D eigenvalue weighted by atomic mass is 16.5. The fourth-order valence-corrected chi connectivity index (χ4v) is 2.38. The fourth-order valence-electron chi connectivity index (χ4n) is 2.38. The zero-order valence-corrected chi connectivity index (χ0v) is 13.0. The summed E-state index contributed by atoms with van der Waals surface area (Å²) in [7, 11) is 0. The summed E-state index contributed by atoms with van der Waals surface area (Å²) < 4.78 is 5.37. The first-order valence-corrected chi connectivity index (χ1v) is 7.89. The molecule has 1 aromatic rings. The van der Waals surface area contributed by atoms with Gasteiger partial charge in [0.25, 0.3) is 0 Å². The van der Waals surface area contributed by atoms with E-state index in [1.165, 1.54) is 5.56 Å². The summed E-state index contributed by atoms with van der Waals surface area (Å²) >= 11 is 0. The van der Waals surface area contributed by atoms with Crippen LogP contribution in [0.5, 0.6) is 5.75 Å². The van der Waals surface area contributed by atoms with Crippen molar-refractivity contribution in [2.45, 2.75) is 12.6 Å². The Morgan fingerprint density at radius 3 is 2.73 bits per heavy atom. The predicted molar refractivity (Wildman–Crippen MR) is 90.0 cm³/mol. The van der Waals surface area contributed by atoms with E-state index in [0.717, 1.165) is 51.6 Å². The predicted octanol–water partition coefficient (Wildman–Crippen LogP) is -0.0608. The molecular formula is C17H26N4O. The molecule has 1 aromatic carbocycles. The van der Waals surface area contributed by atoms with E-state index < -0.39 is 0 Å². The number of ether oxygens (including phenoxy) is 1. The lowest BCUT2D eigenvalue weighted by molar-refractivity contribution is 0.370. The molecule has 1 fully saturated rings. The summed E-state index contributed by atoms with van der Waals surface area (Å²) in [5.41, 5.74) is 1.24. The number of nitrogens with one attached hydrogen (secondary N) is 4. The largest absolute Gasteiger partial charge is 0.481 e. The molecule has 5 nitrogen and oxygen atoms in total. The molecule has 0 aromatic heterocycles. The van der Waals surface area contributed by atoms with Crippen LogP contribution in [-0.2, 0) is 6.54 Å². The van der Waals surface area contributed by atoms with E-state index in [9.17, 15) is 0 Å². The van der Waals surface area contributed by atoms with E-state index in [1.54, 1.807) is 0 Å². The van der Waals surface area contributed by atoms with Gasteiger partial charge in [0.1, 0.15) is 12.4 Å². The molecule has 120 valence electrons. The van der Waals surface area contributed by atoms with Gasteiger partial charge in [-0.3, -0.25) is 0 Å². The first-order valence-electron chi connectivity index (χ1n) is 7.89. The molecule has 1 heterocycles. The molecule has 1 aliphatic heterocycles. The van der Waals surface area contributed by atoms with Gasteiger partial charge in [-0.2, -0.15) is 0 Å². The molecule has 4 N–H and O–H groups in total. The second-order valence-electron chi connectivity index (χ2n) is 5.37. The summed E-state index contributed by atoms with van der Waals surface area (Å²) in [5.74, 6) is 3.28. The average Bonchev–Trinajstić information content (AvgIpc) is 2.68. The maximum Gasteiger partial charge on any atom is 0.148 e. The van der Waals surface area contributed by atoms with Crippen molar-refractivity contribution in [1.29, 1.82) is 0 Å². The van der Waals surface area contributed by atoms with Gasteiger partial charge < -0.3 is 26.0 Å². The Hall–Kier alpha value is -1.58. The summed E-state index contributed by atoms with van der Waals surface area (Å²) in [6.07, 6.45) is 5.17. The molecule has 0 amide bonds. The Morgan fingerprint density at radius 2 is 1.91 bits per heavy atom. The second-order valence-corrected chi connectivity index (χ2v) is 5.37. The molecule has 1 saturated heterocycles. The minimum Gasteiger partial charge on any atom is -0.481 e. The molecule has 2 rings (SSSR count). The normalized spacial score (nSPS) is 19.5. The van der Waals surface area contributed by atoms with Crippen molar-refractivity contribution < 1.29 is 4.74 Å². The molecule has 1 aliphatic rings. The SMILES string of the molecule is C#CCOc1ccc(CNCC2CNCCNCCN2)cc1. The third kappa shape index (κ3) is 6.46. The van der Waals surface area contributed by atoms with Crippen LogP contribution in [0.2, 0.25) is 0 Å². The Balaban J connectivity index is 1.69. The van der Waals surface area contributed by atoms with Crippen LogP contribution < -0.4 is 26.0 Å². The number of terminal acetylenes is 1. The molecule has 0 radical (unpaired) electrons. The third-order valence-corrected chi connectivity index (χ3v) is 3.57. The summed E-state index contributed by atoms with van der Waals surface area (Å²) in [6.45, 7) is 7.20. The van der Waals surface area contributed by atoms with E-state index in [0.29, 0.717) is 12.6 Å². The van der Waals surface area contributed by atoms with Crippen LogP contribution in [0, 0.1) is 12.3 Å². The van der Waals surface area contributed by atoms with Crippen LogP contribution in [-0.4, -0.2) is 51.9 Å². The van der Waals surface area contributed by atoms with Crippen molar-refractivity contribution >= 4 is 0 Å². The summed E-state index contributed by atoms with van der Waals surface area (Å²) in [5, 5.41) is 13.9. The molecule has 0 bridgehead atoms. The van der Waals surface area contributed by atoms with E-state index >= 15 is 0 Å². The Labute approximate surface area is 133 Å². The first-order chi connectivity index (χ1) is 10.9. The lowest BCUT2D eigenvalue weighted by Crippen LogP contribution is -2.45. The van der Waals surface area contributed by atoms with Gasteiger partial charge in [0, 0.05) is 51.9 Å². The minimum absolute atomic E-state index is 0.312. The molecule has 22 heavy (non-hydrogen) atoms. The monoisotopic (exact) mass is 302 g/mol. The zero-order chi connectivity index (χ0) is 15.5. The Bertz CT molecular complexity index is 445. The van der Waals surface area contributed by atoms with Crippen LogP contribution in [0.3, 0.4) is 0 Å².